The van der Waals surface area contributed by atoms with Gasteiger partial charge in [0.25, 0.3) is 5.91 Å². The van der Waals surface area contributed by atoms with Crippen molar-refractivity contribution < 1.29 is 23.8 Å². The lowest BCUT2D eigenvalue weighted by Crippen LogP contribution is -2.14. The first-order valence-electron chi connectivity index (χ1n) is 9.39. The molecule has 1 amide bonds. The minimum Gasteiger partial charge on any atom is -0.465 e. The van der Waals surface area contributed by atoms with Gasteiger partial charge < -0.3 is 19.5 Å². The third-order valence-electron chi connectivity index (χ3n) is 5.13. The maximum atomic E-state index is 12.9. The van der Waals surface area contributed by atoms with Gasteiger partial charge in [-0.3, -0.25) is 4.79 Å². The third kappa shape index (κ3) is 3.52. The summed E-state index contributed by atoms with van der Waals surface area (Å²) in [5, 5.41) is 3.33. The van der Waals surface area contributed by atoms with Gasteiger partial charge in [-0.25, -0.2) is 4.79 Å². The molecule has 0 atom stereocenters. The SMILES string of the molecule is COC(=O)c1c(NC(=O)c2ccc3c(c2)OCO3)sc(C)c1-c1ccc(C)c(C)c1. The van der Waals surface area contributed by atoms with Crippen LogP contribution in [-0.2, 0) is 4.74 Å². The van der Waals surface area contributed by atoms with Gasteiger partial charge in [0.1, 0.15) is 10.6 Å². The van der Waals surface area contributed by atoms with Crippen LogP contribution in [0, 0.1) is 20.8 Å². The Morgan fingerprint density at radius 3 is 2.50 bits per heavy atom. The highest BCUT2D eigenvalue weighted by Gasteiger charge is 2.26. The second kappa shape index (κ2) is 7.84. The molecule has 1 aliphatic rings. The number of carbonyl (C=O) groups excluding carboxylic acids is 2. The van der Waals surface area contributed by atoms with Crippen LogP contribution in [0.1, 0.15) is 36.7 Å². The maximum Gasteiger partial charge on any atom is 0.341 e. The van der Waals surface area contributed by atoms with E-state index < -0.39 is 5.97 Å². The number of aryl methyl sites for hydroxylation is 3. The Balaban J connectivity index is 1.74. The smallest absolute Gasteiger partial charge is 0.341 e. The summed E-state index contributed by atoms with van der Waals surface area (Å²) in [5.74, 6) is 0.291. The van der Waals surface area contributed by atoms with E-state index in [0.29, 0.717) is 27.6 Å². The average Bonchev–Trinajstić information content (AvgIpc) is 3.32. The molecule has 1 N–H and O–H groups in total. The molecule has 0 unspecified atom stereocenters. The zero-order valence-electron chi connectivity index (χ0n) is 17.1. The van der Waals surface area contributed by atoms with Gasteiger partial charge in [0.05, 0.1) is 7.11 Å². The van der Waals surface area contributed by atoms with Crippen LogP contribution in [0.2, 0.25) is 0 Å². The van der Waals surface area contributed by atoms with Gasteiger partial charge in [-0.2, -0.15) is 0 Å². The molecule has 0 saturated carbocycles. The Morgan fingerprint density at radius 1 is 1.00 bits per heavy atom. The first-order chi connectivity index (χ1) is 14.4. The lowest BCUT2D eigenvalue weighted by Gasteiger charge is -2.10. The van der Waals surface area contributed by atoms with Gasteiger partial charge in [0.15, 0.2) is 11.5 Å². The molecule has 2 aromatic carbocycles. The number of thiophene rings is 1. The van der Waals surface area contributed by atoms with Crippen LogP contribution in [0.5, 0.6) is 11.5 Å². The molecule has 1 aromatic heterocycles. The van der Waals surface area contributed by atoms with Crippen molar-refractivity contribution >= 4 is 28.2 Å². The van der Waals surface area contributed by atoms with Crippen molar-refractivity contribution in [1.29, 1.82) is 0 Å². The molecule has 30 heavy (non-hydrogen) atoms. The van der Waals surface area contributed by atoms with Gasteiger partial charge in [-0.15, -0.1) is 11.3 Å². The lowest BCUT2D eigenvalue weighted by molar-refractivity contribution is 0.0603. The van der Waals surface area contributed by atoms with E-state index in [-0.39, 0.29) is 12.7 Å². The van der Waals surface area contributed by atoms with Gasteiger partial charge >= 0.3 is 5.97 Å². The number of amides is 1. The number of esters is 1. The molecule has 0 saturated heterocycles. The number of nitrogens with one attached hydrogen (secondary N) is 1. The third-order valence-corrected chi connectivity index (χ3v) is 6.15. The van der Waals surface area contributed by atoms with Crippen molar-refractivity contribution in [1.82, 2.24) is 0 Å². The molecular weight excluding hydrogens is 402 g/mol. The highest BCUT2D eigenvalue weighted by molar-refractivity contribution is 7.17. The lowest BCUT2D eigenvalue weighted by atomic mass is 9.97. The summed E-state index contributed by atoms with van der Waals surface area (Å²) in [6, 6.07) is 11.0. The number of methoxy groups -OCH3 is 1. The predicted molar refractivity (Wildman–Crippen MR) is 116 cm³/mol. The summed E-state index contributed by atoms with van der Waals surface area (Å²) in [7, 11) is 1.34. The molecule has 7 heteroatoms. The van der Waals surface area contributed by atoms with Crippen molar-refractivity contribution in [3.63, 3.8) is 0 Å². The first-order valence-corrected chi connectivity index (χ1v) is 10.2. The normalized spacial score (nSPS) is 12.0. The summed E-state index contributed by atoms with van der Waals surface area (Å²) in [6.45, 7) is 6.13. The first kappa shape index (κ1) is 20.0. The van der Waals surface area contributed by atoms with Crippen LogP contribution < -0.4 is 14.8 Å². The van der Waals surface area contributed by atoms with Crippen molar-refractivity contribution in [3.8, 4) is 22.6 Å². The summed E-state index contributed by atoms with van der Waals surface area (Å²) in [6.07, 6.45) is 0. The van der Waals surface area contributed by atoms with Crippen molar-refractivity contribution in [2.24, 2.45) is 0 Å². The molecule has 154 valence electrons. The van der Waals surface area contributed by atoms with Crippen molar-refractivity contribution in [2.45, 2.75) is 20.8 Å². The van der Waals surface area contributed by atoms with E-state index in [4.69, 9.17) is 14.2 Å². The number of hydrogen-bond donors (Lipinski definition) is 1. The molecular formula is C23H21NO5S. The topological polar surface area (TPSA) is 73.9 Å². The molecule has 6 nitrogen and oxygen atoms in total. The van der Waals surface area contributed by atoms with Crippen molar-refractivity contribution in [2.75, 3.05) is 19.2 Å². The van der Waals surface area contributed by atoms with Crippen LogP contribution in [0.25, 0.3) is 11.1 Å². The molecule has 0 spiro atoms. The quantitative estimate of drug-likeness (QED) is 0.591. The second-order valence-corrected chi connectivity index (χ2v) is 8.27. The van der Waals surface area contributed by atoms with Crippen LogP contribution in [-0.4, -0.2) is 25.8 Å². The molecule has 4 rings (SSSR count). The summed E-state index contributed by atoms with van der Waals surface area (Å²) in [5.41, 5.74) is 4.75. The average molecular weight is 423 g/mol. The maximum absolute atomic E-state index is 12.9. The zero-order valence-corrected chi connectivity index (χ0v) is 17.9. The number of ether oxygens (including phenoxy) is 3. The molecule has 0 radical (unpaired) electrons. The van der Waals surface area contributed by atoms with E-state index in [1.165, 1.54) is 24.0 Å². The Hall–Kier alpha value is -3.32. The predicted octanol–water partition coefficient (Wildman–Crippen LogP) is 5.11. The number of fused-ring (bicyclic) bond motifs is 1. The largest absolute Gasteiger partial charge is 0.465 e. The van der Waals surface area contributed by atoms with Gasteiger partial charge in [0, 0.05) is 16.0 Å². The number of anilines is 1. The van der Waals surface area contributed by atoms with Crippen LogP contribution in [0.3, 0.4) is 0 Å². The monoisotopic (exact) mass is 423 g/mol. The Labute approximate surface area is 178 Å². The summed E-state index contributed by atoms with van der Waals surface area (Å²) < 4.78 is 15.7. The fraction of sp³-hybridized carbons (Fsp3) is 0.217. The van der Waals surface area contributed by atoms with Gasteiger partial charge in [0.2, 0.25) is 6.79 Å². The number of hydrogen-bond acceptors (Lipinski definition) is 6. The Kier molecular flexibility index (Phi) is 5.22. The number of rotatable bonds is 4. The van der Waals surface area contributed by atoms with E-state index >= 15 is 0 Å². The number of benzene rings is 2. The van der Waals surface area contributed by atoms with Crippen molar-refractivity contribution in [3.05, 3.63) is 63.5 Å². The minimum absolute atomic E-state index is 0.135. The minimum atomic E-state index is -0.492. The summed E-state index contributed by atoms with van der Waals surface area (Å²) in [4.78, 5) is 26.5. The summed E-state index contributed by atoms with van der Waals surface area (Å²) >= 11 is 1.35. The van der Waals surface area contributed by atoms with E-state index in [1.807, 2.05) is 39.0 Å². The zero-order chi connectivity index (χ0) is 21.4. The standard InChI is InChI=1S/C23H21NO5S/c1-12-5-6-15(9-13(12)2)19-14(3)30-22(20(19)23(26)27-4)24-21(25)16-7-8-17-18(10-16)29-11-28-17/h5-10H,11H2,1-4H3,(H,24,25). The van der Waals surface area contributed by atoms with E-state index in [9.17, 15) is 9.59 Å². The van der Waals surface area contributed by atoms with Gasteiger partial charge in [-0.05, 0) is 55.7 Å². The Bertz CT molecular complexity index is 1160. The number of carbonyl (C=O) groups is 2. The second-order valence-electron chi connectivity index (χ2n) is 7.05. The Morgan fingerprint density at radius 2 is 1.77 bits per heavy atom. The molecule has 2 heterocycles. The van der Waals surface area contributed by atoms with E-state index in [0.717, 1.165) is 21.6 Å². The van der Waals surface area contributed by atoms with Crippen LogP contribution >= 0.6 is 11.3 Å². The van der Waals surface area contributed by atoms with E-state index in [2.05, 4.69) is 5.32 Å². The molecule has 1 aliphatic heterocycles. The highest BCUT2D eigenvalue weighted by atomic mass is 32.1. The fourth-order valence-corrected chi connectivity index (χ4v) is 4.45. The highest BCUT2D eigenvalue weighted by Crippen LogP contribution is 2.41. The molecule has 0 fully saturated rings. The molecule has 3 aromatic rings. The van der Waals surface area contributed by atoms with Gasteiger partial charge in [-0.1, -0.05) is 18.2 Å². The van der Waals surface area contributed by atoms with E-state index in [1.54, 1.807) is 18.2 Å². The molecule has 0 aliphatic carbocycles. The molecule has 0 bridgehead atoms. The fourth-order valence-electron chi connectivity index (χ4n) is 3.39. The van der Waals surface area contributed by atoms with Crippen LogP contribution in [0.4, 0.5) is 5.00 Å². The van der Waals surface area contributed by atoms with Crippen LogP contribution in [0.15, 0.2) is 36.4 Å².